The lowest BCUT2D eigenvalue weighted by Gasteiger charge is -2.30. The number of aromatic nitrogens is 1. The van der Waals surface area contributed by atoms with E-state index < -0.39 is 21.8 Å². The van der Waals surface area contributed by atoms with Crippen molar-refractivity contribution in [3.63, 3.8) is 0 Å². The molecule has 2 rings (SSSR count). The topological polar surface area (TPSA) is 117 Å². The fourth-order valence-corrected chi connectivity index (χ4v) is 3.83. The van der Waals surface area contributed by atoms with Crippen molar-refractivity contribution in [2.45, 2.75) is 17.7 Å². The molecule has 7 nitrogen and oxygen atoms in total. The predicted octanol–water partition coefficient (Wildman–Crippen LogP) is -0.161. The van der Waals surface area contributed by atoms with Crippen LogP contribution in [0.5, 0.6) is 0 Å². The fourth-order valence-electron chi connectivity index (χ4n) is 2.21. The normalized spacial score (nSPS) is 20.2. The summed E-state index contributed by atoms with van der Waals surface area (Å²) in [6.45, 7) is 0.364. The molecule has 8 heteroatoms. The Bertz CT molecular complexity index is 666. The van der Waals surface area contributed by atoms with Crippen LogP contribution in [0.15, 0.2) is 23.2 Å². The van der Waals surface area contributed by atoms with Gasteiger partial charge in [-0.05, 0) is 25.0 Å². The number of nitrogens with zero attached hydrogens (tertiary/aromatic N) is 3. The molecule has 106 valence electrons. The summed E-state index contributed by atoms with van der Waals surface area (Å²) in [4.78, 5) is 14.8. The van der Waals surface area contributed by atoms with E-state index in [0.717, 1.165) is 0 Å². The number of primary amides is 1. The van der Waals surface area contributed by atoms with E-state index in [1.54, 1.807) is 6.07 Å². The van der Waals surface area contributed by atoms with E-state index in [4.69, 9.17) is 11.0 Å². The number of carbonyl (C=O) groups excluding carboxylic acids is 1. The number of carbonyl (C=O) groups is 1. The summed E-state index contributed by atoms with van der Waals surface area (Å²) in [7, 11) is -3.83. The summed E-state index contributed by atoms with van der Waals surface area (Å²) in [6.07, 6.45) is 2.51. The molecule has 1 saturated heterocycles. The average Bonchev–Trinajstić information content (AvgIpc) is 2.47. The van der Waals surface area contributed by atoms with Crippen LogP contribution in [0.2, 0.25) is 0 Å². The molecule has 0 aliphatic carbocycles. The van der Waals surface area contributed by atoms with E-state index in [2.05, 4.69) is 4.98 Å². The van der Waals surface area contributed by atoms with Gasteiger partial charge in [0.1, 0.15) is 11.0 Å². The maximum atomic E-state index is 12.5. The Morgan fingerprint density at radius 2 is 2.30 bits per heavy atom. The van der Waals surface area contributed by atoms with Gasteiger partial charge in [0.2, 0.25) is 15.9 Å². The Morgan fingerprint density at radius 1 is 1.55 bits per heavy atom. The largest absolute Gasteiger partial charge is 0.369 e. The summed E-state index contributed by atoms with van der Waals surface area (Å²) in [5.41, 5.74) is 5.10. The van der Waals surface area contributed by atoms with Crippen LogP contribution >= 0.6 is 0 Å². The van der Waals surface area contributed by atoms with Gasteiger partial charge in [0, 0.05) is 19.3 Å². The van der Waals surface area contributed by atoms with Crippen LogP contribution in [0.3, 0.4) is 0 Å². The number of hydrogen-bond donors (Lipinski definition) is 1. The number of hydrogen-bond acceptors (Lipinski definition) is 5. The van der Waals surface area contributed by atoms with Crippen molar-refractivity contribution in [1.82, 2.24) is 9.29 Å². The van der Waals surface area contributed by atoms with E-state index in [1.165, 1.54) is 22.6 Å². The van der Waals surface area contributed by atoms with E-state index >= 15 is 0 Å². The first-order valence-electron chi connectivity index (χ1n) is 6.11. The third kappa shape index (κ3) is 2.64. The van der Waals surface area contributed by atoms with Crippen LogP contribution in [-0.2, 0) is 14.8 Å². The van der Waals surface area contributed by atoms with Gasteiger partial charge in [0.25, 0.3) is 0 Å². The number of amides is 1. The minimum atomic E-state index is -3.83. The third-order valence-electron chi connectivity index (χ3n) is 3.28. The van der Waals surface area contributed by atoms with Crippen molar-refractivity contribution < 1.29 is 13.2 Å². The zero-order valence-electron chi connectivity index (χ0n) is 10.7. The zero-order valence-corrected chi connectivity index (χ0v) is 11.5. The zero-order chi connectivity index (χ0) is 14.8. The SMILES string of the molecule is N#Cc1ncccc1S(=O)(=O)N1CCCC(C(N)=O)C1. The van der Waals surface area contributed by atoms with Crippen LogP contribution in [-0.4, -0.2) is 36.7 Å². The first kappa shape index (κ1) is 14.4. The predicted molar refractivity (Wildman–Crippen MR) is 69.6 cm³/mol. The van der Waals surface area contributed by atoms with Crippen molar-refractivity contribution in [3.05, 3.63) is 24.0 Å². The Labute approximate surface area is 117 Å². The highest BCUT2D eigenvalue weighted by molar-refractivity contribution is 7.89. The quantitative estimate of drug-likeness (QED) is 0.831. The van der Waals surface area contributed by atoms with Gasteiger partial charge in [-0.3, -0.25) is 4.79 Å². The molecule has 1 unspecified atom stereocenters. The summed E-state index contributed by atoms with van der Waals surface area (Å²) in [6, 6.07) is 4.57. The maximum Gasteiger partial charge on any atom is 0.245 e. The Kier molecular flexibility index (Phi) is 4.01. The summed E-state index contributed by atoms with van der Waals surface area (Å²) < 4.78 is 26.2. The fraction of sp³-hybridized carbons (Fsp3) is 0.417. The molecule has 20 heavy (non-hydrogen) atoms. The summed E-state index contributed by atoms with van der Waals surface area (Å²) in [5, 5.41) is 8.95. The number of pyridine rings is 1. The molecule has 1 amide bonds. The molecule has 2 N–H and O–H groups in total. The molecule has 2 heterocycles. The lowest BCUT2D eigenvalue weighted by atomic mass is 9.99. The maximum absolute atomic E-state index is 12.5. The summed E-state index contributed by atoms with van der Waals surface area (Å²) in [5.74, 6) is -0.989. The second kappa shape index (κ2) is 5.56. The molecule has 1 aliphatic heterocycles. The molecule has 1 atom stereocenters. The van der Waals surface area contributed by atoms with Crippen molar-refractivity contribution in [2.75, 3.05) is 13.1 Å². The van der Waals surface area contributed by atoms with Gasteiger partial charge in [-0.25, -0.2) is 13.4 Å². The van der Waals surface area contributed by atoms with Gasteiger partial charge >= 0.3 is 0 Å². The van der Waals surface area contributed by atoms with Gasteiger partial charge in [-0.1, -0.05) is 0 Å². The number of sulfonamides is 1. The second-order valence-corrected chi connectivity index (χ2v) is 6.47. The molecule has 1 fully saturated rings. The van der Waals surface area contributed by atoms with Crippen molar-refractivity contribution in [1.29, 1.82) is 5.26 Å². The molecule has 0 aromatic carbocycles. The number of piperidine rings is 1. The molecule has 1 aliphatic rings. The van der Waals surface area contributed by atoms with Gasteiger partial charge in [-0.2, -0.15) is 9.57 Å². The smallest absolute Gasteiger partial charge is 0.245 e. The monoisotopic (exact) mass is 294 g/mol. The van der Waals surface area contributed by atoms with E-state index in [-0.39, 0.29) is 17.1 Å². The highest BCUT2D eigenvalue weighted by Crippen LogP contribution is 2.24. The van der Waals surface area contributed by atoms with Gasteiger partial charge in [-0.15, -0.1) is 0 Å². The average molecular weight is 294 g/mol. The first-order chi connectivity index (χ1) is 9.46. The molecule has 1 aromatic heterocycles. The van der Waals surface area contributed by atoms with Crippen LogP contribution in [0, 0.1) is 17.2 Å². The number of nitrogens with two attached hydrogens (primary N) is 1. The van der Waals surface area contributed by atoms with Crippen LogP contribution in [0.4, 0.5) is 0 Å². The van der Waals surface area contributed by atoms with Crippen LogP contribution < -0.4 is 5.73 Å². The van der Waals surface area contributed by atoms with Crippen molar-refractivity contribution in [2.24, 2.45) is 11.7 Å². The standard InChI is InChI=1S/C12H14N4O3S/c13-7-10-11(4-1-5-15-10)20(18,19)16-6-2-3-9(8-16)12(14)17/h1,4-5,9H,2-3,6,8H2,(H2,14,17). The summed E-state index contributed by atoms with van der Waals surface area (Å²) >= 11 is 0. The molecular formula is C12H14N4O3S. The van der Waals surface area contributed by atoms with E-state index in [0.29, 0.717) is 19.4 Å². The van der Waals surface area contributed by atoms with Crippen LogP contribution in [0.1, 0.15) is 18.5 Å². The lowest BCUT2D eigenvalue weighted by molar-refractivity contribution is -0.122. The number of rotatable bonds is 3. The Hall–Kier alpha value is -1.98. The Balaban J connectivity index is 2.35. The molecule has 0 bridgehead atoms. The first-order valence-corrected chi connectivity index (χ1v) is 7.55. The van der Waals surface area contributed by atoms with Gasteiger partial charge in [0.15, 0.2) is 5.69 Å². The molecular weight excluding hydrogens is 280 g/mol. The van der Waals surface area contributed by atoms with E-state index in [1.807, 2.05) is 0 Å². The highest BCUT2D eigenvalue weighted by Gasteiger charge is 2.33. The van der Waals surface area contributed by atoms with E-state index in [9.17, 15) is 13.2 Å². The third-order valence-corrected chi connectivity index (χ3v) is 5.18. The van der Waals surface area contributed by atoms with Crippen LogP contribution in [0.25, 0.3) is 0 Å². The minimum Gasteiger partial charge on any atom is -0.369 e. The lowest BCUT2D eigenvalue weighted by Crippen LogP contribution is -2.44. The van der Waals surface area contributed by atoms with Crippen molar-refractivity contribution >= 4 is 15.9 Å². The van der Waals surface area contributed by atoms with Crippen molar-refractivity contribution in [3.8, 4) is 6.07 Å². The van der Waals surface area contributed by atoms with Gasteiger partial charge in [0.05, 0.1) is 5.92 Å². The Morgan fingerprint density at radius 3 is 2.95 bits per heavy atom. The molecule has 0 saturated carbocycles. The van der Waals surface area contributed by atoms with Gasteiger partial charge < -0.3 is 5.73 Å². The molecule has 1 aromatic rings. The molecule has 0 spiro atoms. The number of nitriles is 1. The minimum absolute atomic E-state index is 0.0530. The molecule has 0 radical (unpaired) electrons. The second-order valence-electron chi connectivity index (χ2n) is 4.57. The highest BCUT2D eigenvalue weighted by atomic mass is 32.2.